The number of aliphatic hydroxyl groups is 1. The zero-order chi connectivity index (χ0) is 16.8. The van der Waals surface area contributed by atoms with Crippen LogP contribution in [0.1, 0.15) is 65.7 Å². The number of allylic oxidation sites excluding steroid dienone is 1. The third-order valence-electron chi connectivity index (χ3n) is 5.01. The number of hydrogen-bond acceptors (Lipinski definition) is 3. The van der Waals surface area contributed by atoms with Crippen molar-refractivity contribution >= 4 is 14.1 Å². The van der Waals surface area contributed by atoms with E-state index in [0.29, 0.717) is 13.0 Å². The van der Waals surface area contributed by atoms with E-state index >= 15 is 0 Å². The van der Waals surface area contributed by atoms with E-state index in [0.717, 1.165) is 32.1 Å². The number of hydrogen-bond donors (Lipinski definition) is 1. The highest BCUT2D eigenvalue weighted by atomic mass is 28.4. The summed E-state index contributed by atoms with van der Waals surface area (Å²) in [5.74, 6) is 0.221. The first-order valence-corrected chi connectivity index (χ1v) is 11.6. The van der Waals surface area contributed by atoms with Gasteiger partial charge in [-0.1, -0.05) is 40.0 Å². The molecule has 1 aliphatic rings. The van der Waals surface area contributed by atoms with Crippen molar-refractivity contribution in [3.05, 3.63) is 11.6 Å². The van der Waals surface area contributed by atoms with Gasteiger partial charge in [0.25, 0.3) is 0 Å². The lowest BCUT2D eigenvalue weighted by Crippen LogP contribution is -2.44. The van der Waals surface area contributed by atoms with Crippen LogP contribution in [0.3, 0.4) is 0 Å². The molecule has 0 aliphatic heterocycles. The van der Waals surface area contributed by atoms with E-state index in [9.17, 15) is 4.79 Å². The Balaban J connectivity index is 2.47. The van der Waals surface area contributed by atoms with Crippen LogP contribution < -0.4 is 0 Å². The highest BCUT2D eigenvalue weighted by molar-refractivity contribution is 6.74. The molecule has 0 fully saturated rings. The average Bonchev–Trinajstić information content (AvgIpc) is 2.72. The molecule has 0 spiro atoms. The van der Waals surface area contributed by atoms with Crippen LogP contribution in [-0.4, -0.2) is 31.9 Å². The maximum atomic E-state index is 11.8. The summed E-state index contributed by atoms with van der Waals surface area (Å²) in [6.45, 7) is 11.5. The lowest BCUT2D eigenvalue weighted by Gasteiger charge is -2.39. The number of rotatable bonds is 9. The van der Waals surface area contributed by atoms with Gasteiger partial charge in [0.05, 0.1) is 6.10 Å². The Hall–Kier alpha value is -0.453. The quantitative estimate of drug-likeness (QED) is 0.497. The molecule has 0 aromatic rings. The molecule has 1 rings (SSSR count). The van der Waals surface area contributed by atoms with E-state index < -0.39 is 8.32 Å². The fourth-order valence-corrected chi connectivity index (χ4v) is 3.83. The summed E-state index contributed by atoms with van der Waals surface area (Å²) in [5.41, 5.74) is 1.21. The fourth-order valence-electron chi connectivity index (χ4n) is 2.53. The van der Waals surface area contributed by atoms with Crippen molar-refractivity contribution in [3.63, 3.8) is 0 Å². The molecule has 4 heteroatoms. The summed E-state index contributed by atoms with van der Waals surface area (Å²) in [6.07, 6.45) is 8.79. The zero-order valence-corrected chi connectivity index (χ0v) is 16.1. The fraction of sp³-hybridized carbons (Fsp3) is 0.833. The number of ketones is 1. The third kappa shape index (κ3) is 5.97. The van der Waals surface area contributed by atoms with E-state index in [2.05, 4.69) is 33.9 Å². The van der Waals surface area contributed by atoms with Crippen molar-refractivity contribution in [1.82, 2.24) is 0 Å². The summed E-state index contributed by atoms with van der Waals surface area (Å²) >= 11 is 0. The van der Waals surface area contributed by atoms with E-state index in [4.69, 9.17) is 9.53 Å². The molecule has 0 radical (unpaired) electrons. The third-order valence-corrected chi connectivity index (χ3v) is 9.50. The Labute approximate surface area is 137 Å². The van der Waals surface area contributed by atoms with E-state index in [1.165, 1.54) is 12.0 Å². The van der Waals surface area contributed by atoms with Gasteiger partial charge in [0, 0.05) is 13.0 Å². The van der Waals surface area contributed by atoms with E-state index in [1.54, 1.807) is 0 Å². The highest BCUT2D eigenvalue weighted by Crippen LogP contribution is 2.39. The van der Waals surface area contributed by atoms with Gasteiger partial charge >= 0.3 is 0 Å². The van der Waals surface area contributed by atoms with E-state index in [1.807, 2.05) is 6.08 Å². The summed E-state index contributed by atoms with van der Waals surface area (Å²) in [7, 11) is -1.83. The first-order valence-electron chi connectivity index (χ1n) is 8.69. The van der Waals surface area contributed by atoms with Gasteiger partial charge in [-0.05, 0) is 49.0 Å². The topological polar surface area (TPSA) is 46.5 Å². The molecule has 128 valence electrons. The Morgan fingerprint density at radius 3 is 2.36 bits per heavy atom. The van der Waals surface area contributed by atoms with E-state index in [-0.39, 0.29) is 16.9 Å². The minimum Gasteiger partial charge on any atom is -0.410 e. The van der Waals surface area contributed by atoms with Gasteiger partial charge in [-0.25, -0.2) is 0 Å². The molecule has 0 heterocycles. The molecule has 0 saturated heterocycles. The first kappa shape index (κ1) is 19.6. The Kier molecular flexibility index (Phi) is 7.49. The van der Waals surface area contributed by atoms with Crippen LogP contribution in [0.15, 0.2) is 11.6 Å². The molecule has 0 bridgehead atoms. The Morgan fingerprint density at radius 1 is 1.18 bits per heavy atom. The van der Waals surface area contributed by atoms with Crippen LogP contribution in [0.2, 0.25) is 18.1 Å². The minimum atomic E-state index is -1.83. The number of carbonyl (C=O) groups is 1. The molecule has 1 N–H and O–H groups in total. The lowest BCUT2D eigenvalue weighted by atomic mass is 10.0. The van der Waals surface area contributed by atoms with Gasteiger partial charge in [0.15, 0.2) is 14.1 Å². The van der Waals surface area contributed by atoms with Crippen LogP contribution >= 0.6 is 0 Å². The number of unbranched alkanes of at least 4 members (excludes halogenated alkanes) is 4. The van der Waals surface area contributed by atoms with Crippen molar-refractivity contribution < 1.29 is 14.3 Å². The maximum Gasteiger partial charge on any atom is 0.192 e. The molecule has 0 saturated carbocycles. The molecule has 1 atom stereocenters. The molecule has 1 aliphatic carbocycles. The summed E-state index contributed by atoms with van der Waals surface area (Å²) in [4.78, 5) is 11.8. The van der Waals surface area contributed by atoms with Crippen molar-refractivity contribution in [2.24, 2.45) is 0 Å². The predicted molar refractivity (Wildman–Crippen MR) is 94.6 cm³/mol. The average molecular weight is 327 g/mol. The van der Waals surface area contributed by atoms with Gasteiger partial charge in [-0.2, -0.15) is 0 Å². The molecular formula is C18H34O3Si. The maximum absolute atomic E-state index is 11.8. The van der Waals surface area contributed by atoms with Gasteiger partial charge in [-0.3, -0.25) is 4.79 Å². The van der Waals surface area contributed by atoms with Crippen molar-refractivity contribution in [1.29, 1.82) is 0 Å². The van der Waals surface area contributed by atoms with Crippen LogP contribution in [0.4, 0.5) is 0 Å². The monoisotopic (exact) mass is 326 g/mol. The first-order chi connectivity index (χ1) is 10.2. The zero-order valence-electron chi connectivity index (χ0n) is 15.1. The largest absolute Gasteiger partial charge is 0.410 e. The van der Waals surface area contributed by atoms with Gasteiger partial charge in [0.2, 0.25) is 0 Å². The Bertz CT molecular complexity index is 394. The van der Waals surface area contributed by atoms with Gasteiger partial charge in [-0.15, -0.1) is 0 Å². The minimum absolute atomic E-state index is 0.0193. The Morgan fingerprint density at radius 2 is 1.77 bits per heavy atom. The molecule has 0 amide bonds. The van der Waals surface area contributed by atoms with Crippen LogP contribution in [0.25, 0.3) is 0 Å². The molecule has 0 aromatic carbocycles. The van der Waals surface area contributed by atoms with Crippen LogP contribution in [0.5, 0.6) is 0 Å². The molecular weight excluding hydrogens is 292 g/mol. The van der Waals surface area contributed by atoms with Crippen LogP contribution in [0, 0.1) is 0 Å². The summed E-state index contributed by atoms with van der Waals surface area (Å²) < 4.78 is 6.46. The second-order valence-electron chi connectivity index (χ2n) is 8.00. The molecule has 22 heavy (non-hydrogen) atoms. The van der Waals surface area contributed by atoms with Crippen molar-refractivity contribution in [2.45, 2.75) is 90.0 Å². The van der Waals surface area contributed by atoms with Gasteiger partial charge < -0.3 is 9.53 Å². The standard InChI is InChI=1S/C18H34O3Si/c1-18(2,3)22(4,5)21-17-14-16(20)13-15(17)11-9-7-6-8-10-12-19/h13,17,19H,6-12,14H2,1-5H3. The SMILES string of the molecule is CC(C)(C)[Si](C)(C)OC1CC(=O)C=C1CCCCCCCO. The normalized spacial score (nSPS) is 19.6. The van der Waals surface area contributed by atoms with Crippen molar-refractivity contribution in [2.75, 3.05) is 6.61 Å². The summed E-state index contributed by atoms with van der Waals surface area (Å²) in [5, 5.41) is 8.95. The van der Waals surface area contributed by atoms with Gasteiger partial charge in [0.1, 0.15) is 0 Å². The van der Waals surface area contributed by atoms with Crippen LogP contribution in [-0.2, 0) is 9.22 Å². The second-order valence-corrected chi connectivity index (χ2v) is 12.8. The highest BCUT2D eigenvalue weighted by Gasteiger charge is 2.41. The second kappa shape index (κ2) is 8.41. The smallest absolute Gasteiger partial charge is 0.192 e. The number of aliphatic hydroxyl groups excluding tert-OH is 1. The molecule has 3 nitrogen and oxygen atoms in total. The molecule has 1 unspecified atom stereocenters. The summed E-state index contributed by atoms with van der Waals surface area (Å²) in [6, 6.07) is 0. The molecule has 0 aromatic heterocycles. The van der Waals surface area contributed by atoms with Crippen molar-refractivity contribution in [3.8, 4) is 0 Å². The predicted octanol–water partition coefficient (Wildman–Crippen LogP) is 4.61. The number of carbonyl (C=O) groups excluding carboxylic acids is 1. The lowest BCUT2D eigenvalue weighted by molar-refractivity contribution is -0.114.